The van der Waals surface area contributed by atoms with Gasteiger partial charge in [-0.1, -0.05) is 0 Å². The van der Waals surface area contributed by atoms with Crippen molar-refractivity contribution in [1.82, 2.24) is 10.2 Å². The normalized spacial score (nSPS) is 10.9. The van der Waals surface area contributed by atoms with Gasteiger partial charge in [0.25, 0.3) is 0 Å². The average Bonchev–Trinajstić information content (AvgIpc) is 3.21. The Kier molecular flexibility index (Phi) is 12.1. The highest BCUT2D eigenvalue weighted by molar-refractivity contribution is 14.0. The van der Waals surface area contributed by atoms with Crippen molar-refractivity contribution in [2.75, 3.05) is 54.1 Å². The number of ether oxygens (including phenoxy) is 3. The minimum absolute atomic E-state index is 0. The number of hydrogen-bond acceptors (Lipinski definition) is 5. The molecule has 0 aliphatic carbocycles. The van der Waals surface area contributed by atoms with E-state index in [-0.39, 0.29) is 24.0 Å². The number of nitrogens with one attached hydrogen (secondary N) is 1. The molecule has 0 amide bonds. The zero-order valence-electron chi connectivity index (χ0n) is 16.7. The molecule has 0 unspecified atom stereocenters. The molecule has 28 heavy (non-hydrogen) atoms. The number of benzene rings is 1. The summed E-state index contributed by atoms with van der Waals surface area (Å²) in [5, 5.41) is 3.37. The zero-order valence-corrected chi connectivity index (χ0v) is 19.1. The van der Waals surface area contributed by atoms with E-state index in [1.807, 2.05) is 48.3 Å². The molecule has 0 aliphatic rings. The van der Waals surface area contributed by atoms with Crippen LogP contribution in [0.25, 0.3) is 0 Å². The maximum Gasteiger partial charge on any atom is 0.193 e. The standard InChI is InChI=1S/C20H29N3O4.HI/c1-23(13-16-27-19-8-6-17(25-3)7-9-19)20(22-12-15-24-2)21-11-10-18-5-4-14-26-18;/h4-9,14H,10-13,15-16H2,1-3H3,(H,21,22);1H. The highest BCUT2D eigenvalue weighted by Gasteiger charge is 2.07. The van der Waals surface area contributed by atoms with E-state index >= 15 is 0 Å². The minimum atomic E-state index is 0. The average molecular weight is 503 g/mol. The fraction of sp³-hybridized carbons (Fsp3) is 0.450. The SMILES string of the molecule is COCCN=C(NCCc1ccco1)N(C)CCOc1ccc(OC)cc1.I. The van der Waals surface area contributed by atoms with E-state index in [1.165, 1.54) is 0 Å². The number of nitrogens with zero attached hydrogens (tertiary/aromatic N) is 2. The molecule has 1 heterocycles. The molecule has 0 saturated carbocycles. The number of likely N-dealkylation sites (N-methyl/N-ethyl adjacent to an activating group) is 1. The Morgan fingerprint density at radius 1 is 1.11 bits per heavy atom. The monoisotopic (exact) mass is 503 g/mol. The fourth-order valence-electron chi connectivity index (χ4n) is 2.39. The van der Waals surface area contributed by atoms with E-state index in [0.717, 1.165) is 36.2 Å². The van der Waals surface area contributed by atoms with E-state index in [2.05, 4.69) is 10.3 Å². The summed E-state index contributed by atoms with van der Waals surface area (Å²) >= 11 is 0. The van der Waals surface area contributed by atoms with Crippen molar-refractivity contribution in [3.63, 3.8) is 0 Å². The topological polar surface area (TPSA) is 68.5 Å². The Labute approximate surface area is 184 Å². The lowest BCUT2D eigenvalue weighted by atomic mass is 10.3. The van der Waals surface area contributed by atoms with Crippen LogP contribution in [0.2, 0.25) is 0 Å². The number of halogens is 1. The van der Waals surface area contributed by atoms with Crippen LogP contribution in [0, 0.1) is 0 Å². The molecule has 2 aromatic rings. The van der Waals surface area contributed by atoms with E-state index in [9.17, 15) is 0 Å². The first-order valence-electron chi connectivity index (χ1n) is 9.00. The van der Waals surface area contributed by atoms with Gasteiger partial charge in [0.15, 0.2) is 5.96 Å². The quantitative estimate of drug-likeness (QED) is 0.220. The van der Waals surface area contributed by atoms with Crippen molar-refractivity contribution in [3.05, 3.63) is 48.4 Å². The number of aliphatic imine (C=N–C) groups is 1. The zero-order chi connectivity index (χ0) is 19.3. The molecule has 8 heteroatoms. The van der Waals surface area contributed by atoms with E-state index in [4.69, 9.17) is 18.6 Å². The molecule has 1 N–H and O–H groups in total. The second-order valence-corrected chi connectivity index (χ2v) is 5.90. The molecule has 0 spiro atoms. The van der Waals surface area contributed by atoms with Gasteiger partial charge in [0.05, 0.1) is 33.1 Å². The Balaban J connectivity index is 0.00000392. The first-order chi connectivity index (χ1) is 13.2. The molecule has 1 aromatic heterocycles. The molecule has 0 radical (unpaired) electrons. The van der Waals surface area contributed by atoms with Gasteiger partial charge in [-0.05, 0) is 36.4 Å². The summed E-state index contributed by atoms with van der Waals surface area (Å²) < 4.78 is 21.4. The predicted octanol–water partition coefficient (Wildman–Crippen LogP) is 3.05. The highest BCUT2D eigenvalue weighted by Crippen LogP contribution is 2.16. The summed E-state index contributed by atoms with van der Waals surface area (Å²) in [6.07, 6.45) is 2.48. The second kappa shape index (κ2) is 14.1. The predicted molar refractivity (Wildman–Crippen MR) is 121 cm³/mol. The number of furan rings is 1. The van der Waals surface area contributed by atoms with Gasteiger partial charge < -0.3 is 28.8 Å². The Hall–Kier alpha value is -1.94. The summed E-state index contributed by atoms with van der Waals surface area (Å²) in [7, 11) is 5.31. The smallest absolute Gasteiger partial charge is 0.193 e. The summed E-state index contributed by atoms with van der Waals surface area (Å²) in [6, 6.07) is 11.4. The lowest BCUT2D eigenvalue weighted by Gasteiger charge is -2.22. The molecule has 0 bridgehead atoms. The van der Waals surface area contributed by atoms with Crippen LogP contribution in [0.5, 0.6) is 11.5 Å². The number of rotatable bonds is 11. The Morgan fingerprint density at radius 2 is 1.86 bits per heavy atom. The van der Waals surface area contributed by atoms with Gasteiger partial charge in [-0.2, -0.15) is 0 Å². The maximum atomic E-state index is 5.80. The third kappa shape index (κ3) is 8.83. The number of guanidine groups is 1. The van der Waals surface area contributed by atoms with Crippen LogP contribution in [-0.4, -0.2) is 65.0 Å². The van der Waals surface area contributed by atoms with Gasteiger partial charge in [0.2, 0.25) is 0 Å². The van der Waals surface area contributed by atoms with Gasteiger partial charge >= 0.3 is 0 Å². The molecular formula is C20H30IN3O4. The van der Waals surface area contributed by atoms with Crippen molar-refractivity contribution in [1.29, 1.82) is 0 Å². The van der Waals surface area contributed by atoms with Crippen molar-refractivity contribution in [2.45, 2.75) is 6.42 Å². The van der Waals surface area contributed by atoms with Gasteiger partial charge in [0.1, 0.15) is 23.9 Å². The van der Waals surface area contributed by atoms with Crippen LogP contribution in [0.15, 0.2) is 52.1 Å². The summed E-state index contributed by atoms with van der Waals surface area (Å²) in [5.74, 6) is 3.39. The van der Waals surface area contributed by atoms with Crippen molar-refractivity contribution >= 4 is 29.9 Å². The van der Waals surface area contributed by atoms with Crippen molar-refractivity contribution in [2.24, 2.45) is 4.99 Å². The van der Waals surface area contributed by atoms with Gasteiger partial charge in [-0.3, -0.25) is 4.99 Å². The first kappa shape index (κ1) is 24.1. The Bertz CT molecular complexity index is 663. The van der Waals surface area contributed by atoms with E-state index < -0.39 is 0 Å². The molecule has 156 valence electrons. The van der Waals surface area contributed by atoms with Crippen LogP contribution in [0.3, 0.4) is 0 Å². The number of hydrogen-bond donors (Lipinski definition) is 1. The van der Waals surface area contributed by atoms with Crippen molar-refractivity contribution in [3.8, 4) is 11.5 Å². The van der Waals surface area contributed by atoms with Crippen LogP contribution in [0.1, 0.15) is 5.76 Å². The third-order valence-corrected chi connectivity index (χ3v) is 3.91. The molecule has 0 atom stereocenters. The maximum absolute atomic E-state index is 5.80. The molecule has 0 aliphatic heterocycles. The molecular weight excluding hydrogens is 473 g/mol. The molecule has 1 aromatic carbocycles. The van der Waals surface area contributed by atoms with Gasteiger partial charge in [-0.15, -0.1) is 24.0 Å². The third-order valence-electron chi connectivity index (χ3n) is 3.91. The molecule has 7 nitrogen and oxygen atoms in total. The van der Waals surface area contributed by atoms with Crippen LogP contribution < -0.4 is 14.8 Å². The van der Waals surface area contributed by atoms with E-state index in [0.29, 0.717) is 26.3 Å². The summed E-state index contributed by atoms with van der Waals surface area (Å²) in [4.78, 5) is 6.63. The number of methoxy groups -OCH3 is 2. The van der Waals surface area contributed by atoms with Crippen LogP contribution in [0.4, 0.5) is 0 Å². The van der Waals surface area contributed by atoms with Crippen LogP contribution in [-0.2, 0) is 11.2 Å². The summed E-state index contributed by atoms with van der Waals surface area (Å²) in [5.41, 5.74) is 0. The second-order valence-electron chi connectivity index (χ2n) is 5.90. The van der Waals surface area contributed by atoms with Gasteiger partial charge in [-0.25, -0.2) is 0 Å². The molecule has 0 saturated heterocycles. The molecule has 2 rings (SSSR count). The lowest BCUT2D eigenvalue weighted by Crippen LogP contribution is -2.42. The van der Waals surface area contributed by atoms with Crippen LogP contribution >= 0.6 is 24.0 Å². The lowest BCUT2D eigenvalue weighted by molar-refractivity contribution is 0.207. The minimum Gasteiger partial charge on any atom is -0.497 e. The highest BCUT2D eigenvalue weighted by atomic mass is 127. The fourth-order valence-corrected chi connectivity index (χ4v) is 2.39. The summed E-state index contributed by atoms with van der Waals surface area (Å²) in [6.45, 7) is 3.17. The first-order valence-corrected chi connectivity index (χ1v) is 9.00. The Morgan fingerprint density at radius 3 is 2.50 bits per heavy atom. The largest absolute Gasteiger partial charge is 0.497 e. The molecule has 0 fully saturated rings. The van der Waals surface area contributed by atoms with Gasteiger partial charge in [0, 0.05) is 27.1 Å². The van der Waals surface area contributed by atoms with E-state index in [1.54, 1.807) is 20.5 Å². The van der Waals surface area contributed by atoms with Crippen molar-refractivity contribution < 1.29 is 18.6 Å².